The predicted octanol–water partition coefficient (Wildman–Crippen LogP) is 3.65. The molecule has 11 heteroatoms. The van der Waals surface area contributed by atoms with E-state index in [4.69, 9.17) is 4.74 Å². The van der Waals surface area contributed by atoms with Crippen molar-refractivity contribution < 1.29 is 17.9 Å². The summed E-state index contributed by atoms with van der Waals surface area (Å²) in [5.41, 5.74) is 0.970. The summed E-state index contributed by atoms with van der Waals surface area (Å²) < 4.78 is 36.0. The molecule has 1 saturated carbocycles. The zero-order valence-corrected chi connectivity index (χ0v) is 24.1. The van der Waals surface area contributed by atoms with E-state index in [9.17, 15) is 13.2 Å². The summed E-state index contributed by atoms with van der Waals surface area (Å²) in [5.74, 6) is 0.846. The van der Waals surface area contributed by atoms with Gasteiger partial charge in [-0.2, -0.15) is 5.10 Å². The van der Waals surface area contributed by atoms with Crippen molar-refractivity contribution in [1.82, 2.24) is 29.3 Å². The Morgan fingerprint density at radius 2 is 1.84 bits per heavy atom. The number of hydrogen-bond acceptors (Lipinski definition) is 7. The molecule has 1 N–H and O–H groups in total. The van der Waals surface area contributed by atoms with Gasteiger partial charge in [-0.15, -0.1) is 0 Å². The van der Waals surface area contributed by atoms with Crippen LogP contribution in [0.25, 0.3) is 0 Å². The molecule has 0 aliphatic heterocycles. The van der Waals surface area contributed by atoms with E-state index in [-0.39, 0.29) is 24.5 Å². The third kappa shape index (κ3) is 9.06. The number of nitrogens with zero attached hydrogens (tertiary/aromatic N) is 5. The van der Waals surface area contributed by atoms with Crippen LogP contribution in [0.1, 0.15) is 75.6 Å². The van der Waals surface area contributed by atoms with Gasteiger partial charge in [0, 0.05) is 20.1 Å². The van der Waals surface area contributed by atoms with Crippen molar-refractivity contribution >= 4 is 16.1 Å². The highest BCUT2D eigenvalue weighted by molar-refractivity contribution is 7.89. The van der Waals surface area contributed by atoms with Gasteiger partial charge in [0.15, 0.2) is 18.3 Å². The first kappa shape index (κ1) is 30.0. The summed E-state index contributed by atoms with van der Waals surface area (Å²) in [6, 6.07) is 9.23. The second-order valence-corrected chi connectivity index (χ2v) is 11.9. The third-order valence-corrected chi connectivity index (χ3v) is 8.77. The van der Waals surface area contributed by atoms with Gasteiger partial charge in [-0.3, -0.25) is 0 Å². The molecule has 1 aromatic carbocycles. The SMILES string of the molecule is CCN(CC)CCCS(=O)(=O)N[C@H](Cc1ccccc1)c1nc(COC(=O)N(C)C2CCCCC2)n(C)n1. The largest absolute Gasteiger partial charge is 0.441 e. The van der Waals surface area contributed by atoms with Crippen molar-refractivity contribution in [2.24, 2.45) is 7.05 Å². The maximum Gasteiger partial charge on any atom is 0.410 e. The Bertz CT molecular complexity index is 1100. The first-order valence-electron chi connectivity index (χ1n) is 13.8. The molecule has 0 spiro atoms. The zero-order chi connectivity index (χ0) is 27.5. The molecule has 10 nitrogen and oxygen atoms in total. The smallest absolute Gasteiger partial charge is 0.410 e. The molecule has 0 radical (unpaired) electrons. The number of sulfonamides is 1. The van der Waals surface area contributed by atoms with E-state index in [0.717, 1.165) is 50.9 Å². The van der Waals surface area contributed by atoms with E-state index in [0.29, 0.717) is 24.5 Å². The molecule has 1 amide bonds. The van der Waals surface area contributed by atoms with Gasteiger partial charge < -0.3 is 14.5 Å². The van der Waals surface area contributed by atoms with Crippen molar-refractivity contribution in [1.29, 1.82) is 0 Å². The number of carbonyl (C=O) groups is 1. The van der Waals surface area contributed by atoms with Crippen LogP contribution in [0.3, 0.4) is 0 Å². The van der Waals surface area contributed by atoms with Gasteiger partial charge in [-0.1, -0.05) is 63.4 Å². The second kappa shape index (κ2) is 14.6. The number of rotatable bonds is 14. The Kier molecular flexibility index (Phi) is 11.5. The normalized spacial score (nSPS) is 15.5. The van der Waals surface area contributed by atoms with E-state index < -0.39 is 16.1 Å². The molecule has 1 fully saturated rings. The minimum absolute atomic E-state index is 0.0274. The Labute approximate surface area is 227 Å². The molecule has 1 atom stereocenters. The number of carbonyl (C=O) groups excluding carboxylic acids is 1. The second-order valence-electron chi connectivity index (χ2n) is 10.0. The fourth-order valence-electron chi connectivity index (χ4n) is 4.89. The first-order chi connectivity index (χ1) is 18.2. The molecule has 38 heavy (non-hydrogen) atoms. The number of benzene rings is 1. The Morgan fingerprint density at radius 1 is 1.16 bits per heavy atom. The van der Waals surface area contributed by atoms with Crippen molar-refractivity contribution in [3.05, 3.63) is 47.5 Å². The number of aryl methyl sites for hydroxylation is 1. The Balaban J connectivity index is 1.68. The average Bonchev–Trinajstić information content (AvgIpc) is 3.30. The van der Waals surface area contributed by atoms with E-state index in [2.05, 4.69) is 33.6 Å². The first-order valence-corrected chi connectivity index (χ1v) is 15.4. The van der Waals surface area contributed by atoms with Crippen molar-refractivity contribution in [2.45, 2.75) is 77.5 Å². The lowest BCUT2D eigenvalue weighted by atomic mass is 9.95. The summed E-state index contributed by atoms with van der Waals surface area (Å²) in [5, 5.41) is 4.50. The molecule has 1 aromatic heterocycles. The molecular weight excluding hydrogens is 504 g/mol. The number of nitrogens with one attached hydrogen (secondary N) is 1. The highest BCUT2D eigenvalue weighted by Crippen LogP contribution is 2.22. The summed E-state index contributed by atoms with van der Waals surface area (Å²) >= 11 is 0. The Hall–Kier alpha value is -2.50. The monoisotopic (exact) mass is 548 g/mol. The third-order valence-electron chi connectivity index (χ3n) is 7.30. The number of hydrogen-bond donors (Lipinski definition) is 1. The summed E-state index contributed by atoms with van der Waals surface area (Å²) in [7, 11) is -0.0642. The topological polar surface area (TPSA) is 110 Å². The lowest BCUT2D eigenvalue weighted by Crippen LogP contribution is -2.38. The van der Waals surface area contributed by atoms with Crippen LogP contribution in [0, 0.1) is 0 Å². The zero-order valence-electron chi connectivity index (χ0n) is 23.3. The lowest BCUT2D eigenvalue weighted by molar-refractivity contribution is 0.0807. The molecular formula is C27H44N6O4S. The van der Waals surface area contributed by atoms with Gasteiger partial charge in [-0.25, -0.2) is 27.6 Å². The molecule has 0 unspecified atom stereocenters. The fraction of sp³-hybridized carbons (Fsp3) is 0.667. The molecule has 1 aliphatic rings. The molecule has 2 aromatic rings. The quantitative estimate of drug-likeness (QED) is 0.384. The van der Waals surface area contributed by atoms with Gasteiger partial charge in [0.05, 0.1) is 11.8 Å². The molecule has 3 rings (SSSR count). The molecule has 1 aliphatic carbocycles. The van der Waals surface area contributed by atoms with Crippen LogP contribution >= 0.6 is 0 Å². The summed E-state index contributed by atoms with van der Waals surface area (Å²) in [4.78, 5) is 21.1. The fourth-order valence-corrected chi connectivity index (χ4v) is 6.14. The highest BCUT2D eigenvalue weighted by Gasteiger charge is 2.26. The molecule has 212 valence electrons. The summed E-state index contributed by atoms with van der Waals surface area (Å²) in [6.45, 7) is 6.62. The maximum atomic E-state index is 13.0. The highest BCUT2D eigenvalue weighted by atomic mass is 32.2. The minimum atomic E-state index is -3.57. The van der Waals surface area contributed by atoms with Crippen LogP contribution in [0.15, 0.2) is 30.3 Å². The molecule has 1 heterocycles. The van der Waals surface area contributed by atoms with E-state index in [1.54, 1.807) is 23.7 Å². The molecule has 0 bridgehead atoms. The predicted molar refractivity (Wildman–Crippen MR) is 148 cm³/mol. The van der Waals surface area contributed by atoms with Gasteiger partial charge in [0.2, 0.25) is 10.0 Å². The van der Waals surface area contributed by atoms with E-state index >= 15 is 0 Å². The van der Waals surface area contributed by atoms with Crippen LogP contribution in [-0.2, 0) is 34.8 Å². The average molecular weight is 549 g/mol. The standard InChI is InChI=1S/C27H44N6O4S/c1-5-33(6-2)18-13-19-38(35,36)30-24(20-22-14-9-7-10-15-22)26-28-25(32(4)29-26)21-37-27(34)31(3)23-16-11-8-12-17-23/h7,9-10,14-15,23-24,30H,5-6,8,11-13,16-21H2,1-4H3/t24-/m1/s1. The number of amides is 1. The van der Waals surface area contributed by atoms with Crippen LogP contribution in [0.4, 0.5) is 4.79 Å². The van der Waals surface area contributed by atoms with Crippen LogP contribution < -0.4 is 4.72 Å². The lowest BCUT2D eigenvalue weighted by Gasteiger charge is -2.30. The van der Waals surface area contributed by atoms with Crippen molar-refractivity contribution in [3.63, 3.8) is 0 Å². The van der Waals surface area contributed by atoms with Crippen LogP contribution in [0.5, 0.6) is 0 Å². The maximum absolute atomic E-state index is 13.0. The van der Waals surface area contributed by atoms with E-state index in [1.807, 2.05) is 30.3 Å². The Morgan fingerprint density at radius 3 is 2.50 bits per heavy atom. The number of ether oxygens (including phenoxy) is 1. The minimum Gasteiger partial charge on any atom is -0.441 e. The van der Waals surface area contributed by atoms with Gasteiger partial charge in [-0.05, 0) is 50.9 Å². The van der Waals surface area contributed by atoms with Gasteiger partial charge >= 0.3 is 6.09 Å². The van der Waals surface area contributed by atoms with Crippen LogP contribution in [0.2, 0.25) is 0 Å². The summed E-state index contributed by atoms with van der Waals surface area (Å²) in [6.07, 6.45) is 6.03. The number of aromatic nitrogens is 3. The van der Waals surface area contributed by atoms with Gasteiger partial charge in [0.25, 0.3) is 0 Å². The molecule has 0 saturated heterocycles. The van der Waals surface area contributed by atoms with Crippen LogP contribution in [-0.4, -0.2) is 77.6 Å². The van der Waals surface area contributed by atoms with E-state index in [1.165, 1.54) is 6.42 Å². The van der Waals surface area contributed by atoms with Crippen molar-refractivity contribution in [2.75, 3.05) is 32.4 Å². The van der Waals surface area contributed by atoms with Crippen molar-refractivity contribution in [3.8, 4) is 0 Å². The van der Waals surface area contributed by atoms with Gasteiger partial charge in [0.1, 0.15) is 0 Å².